The zero-order chi connectivity index (χ0) is 13.8. The van der Waals surface area contributed by atoms with E-state index in [-0.39, 0.29) is 5.97 Å². The maximum absolute atomic E-state index is 11.5. The zero-order valence-electron chi connectivity index (χ0n) is 11.8. The van der Waals surface area contributed by atoms with Crippen LogP contribution in [0.15, 0.2) is 6.20 Å². The van der Waals surface area contributed by atoms with E-state index in [1.54, 1.807) is 6.20 Å². The number of ether oxygens (including phenoxy) is 1. The van der Waals surface area contributed by atoms with Gasteiger partial charge in [0.2, 0.25) is 0 Å². The molecule has 2 heterocycles. The first kappa shape index (κ1) is 14.3. The van der Waals surface area contributed by atoms with Gasteiger partial charge in [0.15, 0.2) is 5.13 Å². The molecular weight excluding hydrogens is 262 g/mol. The number of carbonyl (C=O) groups is 1. The Morgan fingerprint density at radius 2 is 2.37 bits per heavy atom. The van der Waals surface area contributed by atoms with Gasteiger partial charge in [0, 0.05) is 19.1 Å². The second-order valence-electron chi connectivity index (χ2n) is 4.87. The number of anilines is 1. The summed E-state index contributed by atoms with van der Waals surface area (Å²) in [7, 11) is 3.56. The molecule has 1 fully saturated rings. The van der Waals surface area contributed by atoms with E-state index >= 15 is 0 Å². The zero-order valence-corrected chi connectivity index (χ0v) is 12.6. The van der Waals surface area contributed by atoms with Gasteiger partial charge in [-0.25, -0.2) is 9.78 Å². The van der Waals surface area contributed by atoms with Crippen LogP contribution >= 0.6 is 11.3 Å². The molecule has 0 spiro atoms. The smallest absolute Gasteiger partial charge is 0.349 e. The van der Waals surface area contributed by atoms with Gasteiger partial charge in [-0.1, -0.05) is 18.3 Å². The third-order valence-corrected chi connectivity index (χ3v) is 4.51. The Bertz CT molecular complexity index is 435. The summed E-state index contributed by atoms with van der Waals surface area (Å²) >= 11 is 1.42. The van der Waals surface area contributed by atoms with Crippen LogP contribution in [0.3, 0.4) is 0 Å². The number of hydrogen-bond acceptors (Lipinski definition) is 6. The van der Waals surface area contributed by atoms with Crippen molar-refractivity contribution in [3.8, 4) is 0 Å². The monoisotopic (exact) mass is 283 g/mol. The molecule has 2 rings (SSSR count). The standard InChI is InChI=1S/C13H21N3O2S/c1-4-10-9-15(2)6-5-7-16(10)13-14-8-11(19-13)12(17)18-3/h8,10H,4-7,9H2,1-3H3. The van der Waals surface area contributed by atoms with E-state index in [2.05, 4.69) is 28.8 Å². The quantitative estimate of drug-likeness (QED) is 0.792. The lowest BCUT2D eigenvalue weighted by molar-refractivity contribution is 0.0606. The lowest BCUT2D eigenvalue weighted by atomic mass is 10.2. The summed E-state index contributed by atoms with van der Waals surface area (Å²) in [5.74, 6) is -0.302. The number of thiazole rings is 1. The fourth-order valence-electron chi connectivity index (χ4n) is 2.44. The van der Waals surface area contributed by atoms with E-state index in [1.165, 1.54) is 18.4 Å². The van der Waals surface area contributed by atoms with Crippen LogP contribution in [-0.4, -0.2) is 55.7 Å². The first-order chi connectivity index (χ1) is 9.15. The maximum Gasteiger partial charge on any atom is 0.349 e. The van der Waals surface area contributed by atoms with Crippen LogP contribution in [-0.2, 0) is 4.74 Å². The largest absolute Gasteiger partial charge is 0.465 e. The van der Waals surface area contributed by atoms with Crippen molar-refractivity contribution < 1.29 is 9.53 Å². The normalized spacial score (nSPS) is 21.2. The van der Waals surface area contributed by atoms with Gasteiger partial charge in [0.25, 0.3) is 0 Å². The van der Waals surface area contributed by atoms with Gasteiger partial charge in [-0.15, -0.1) is 0 Å². The van der Waals surface area contributed by atoms with Gasteiger partial charge in [-0.05, 0) is 26.4 Å². The molecule has 0 amide bonds. The van der Waals surface area contributed by atoms with Gasteiger partial charge >= 0.3 is 5.97 Å². The molecule has 0 radical (unpaired) electrons. The van der Waals surface area contributed by atoms with Gasteiger partial charge < -0.3 is 14.5 Å². The molecule has 6 heteroatoms. The average Bonchev–Trinajstić information content (AvgIpc) is 2.82. The molecule has 19 heavy (non-hydrogen) atoms. The van der Waals surface area contributed by atoms with E-state index in [0.29, 0.717) is 10.9 Å². The summed E-state index contributed by atoms with van der Waals surface area (Å²) in [5.41, 5.74) is 0. The highest BCUT2D eigenvalue weighted by Gasteiger charge is 2.25. The Balaban J connectivity index is 2.18. The lowest BCUT2D eigenvalue weighted by Crippen LogP contribution is -2.39. The third kappa shape index (κ3) is 3.25. The fraction of sp³-hybridized carbons (Fsp3) is 0.692. The van der Waals surface area contributed by atoms with Crippen LogP contribution in [0.2, 0.25) is 0 Å². The minimum absolute atomic E-state index is 0.302. The van der Waals surface area contributed by atoms with E-state index < -0.39 is 0 Å². The van der Waals surface area contributed by atoms with Crippen molar-refractivity contribution in [2.75, 3.05) is 38.7 Å². The molecule has 1 aromatic heterocycles. The highest BCUT2D eigenvalue weighted by molar-refractivity contribution is 7.17. The number of likely N-dealkylation sites (N-methyl/N-ethyl adjacent to an activating group) is 1. The van der Waals surface area contributed by atoms with Crippen LogP contribution in [0.1, 0.15) is 29.4 Å². The number of hydrogen-bond donors (Lipinski definition) is 0. The highest BCUT2D eigenvalue weighted by Crippen LogP contribution is 2.27. The Labute approximate surface area is 118 Å². The van der Waals surface area contributed by atoms with Crippen molar-refractivity contribution in [2.45, 2.75) is 25.8 Å². The van der Waals surface area contributed by atoms with Crippen LogP contribution in [0.5, 0.6) is 0 Å². The van der Waals surface area contributed by atoms with E-state index in [4.69, 9.17) is 4.74 Å². The summed E-state index contributed by atoms with van der Waals surface area (Å²) in [6.07, 6.45) is 3.82. The molecule has 5 nitrogen and oxygen atoms in total. The number of aromatic nitrogens is 1. The molecule has 0 aromatic carbocycles. The lowest BCUT2D eigenvalue weighted by Gasteiger charge is -2.29. The summed E-state index contributed by atoms with van der Waals surface area (Å²) in [6, 6.07) is 0.462. The van der Waals surface area contributed by atoms with Crippen LogP contribution in [0, 0.1) is 0 Å². The maximum atomic E-state index is 11.5. The number of rotatable bonds is 3. The molecular formula is C13H21N3O2S. The Morgan fingerprint density at radius 1 is 1.58 bits per heavy atom. The van der Waals surface area contributed by atoms with Crippen molar-refractivity contribution in [1.29, 1.82) is 0 Å². The summed E-state index contributed by atoms with van der Waals surface area (Å²) < 4.78 is 4.74. The SMILES string of the molecule is CCC1CN(C)CCCN1c1ncc(C(=O)OC)s1. The number of methoxy groups -OCH3 is 1. The van der Waals surface area contributed by atoms with Crippen LogP contribution in [0.25, 0.3) is 0 Å². The number of carbonyl (C=O) groups excluding carboxylic acids is 1. The molecule has 0 saturated carbocycles. The van der Waals surface area contributed by atoms with Crippen LogP contribution < -0.4 is 4.90 Å². The molecule has 1 aliphatic rings. The van der Waals surface area contributed by atoms with Crippen molar-refractivity contribution in [1.82, 2.24) is 9.88 Å². The highest BCUT2D eigenvalue weighted by atomic mass is 32.1. The molecule has 0 bridgehead atoms. The number of nitrogens with zero attached hydrogens (tertiary/aromatic N) is 3. The molecule has 106 valence electrons. The molecule has 1 unspecified atom stereocenters. The van der Waals surface area contributed by atoms with Gasteiger partial charge in [-0.2, -0.15) is 0 Å². The molecule has 0 N–H and O–H groups in total. The number of esters is 1. The molecule has 1 aromatic rings. The topological polar surface area (TPSA) is 45.7 Å². The minimum atomic E-state index is -0.302. The second kappa shape index (κ2) is 6.34. The van der Waals surface area contributed by atoms with Gasteiger partial charge in [-0.3, -0.25) is 0 Å². The second-order valence-corrected chi connectivity index (χ2v) is 5.88. The fourth-order valence-corrected chi connectivity index (χ4v) is 3.37. The van der Waals surface area contributed by atoms with Crippen molar-refractivity contribution in [3.63, 3.8) is 0 Å². The molecule has 1 aliphatic heterocycles. The van der Waals surface area contributed by atoms with Crippen LogP contribution in [0.4, 0.5) is 5.13 Å². The Morgan fingerprint density at radius 3 is 3.05 bits per heavy atom. The molecule has 0 aliphatic carbocycles. The molecule has 1 atom stereocenters. The summed E-state index contributed by atoms with van der Waals surface area (Å²) in [4.78, 5) is 21.2. The minimum Gasteiger partial charge on any atom is -0.465 e. The molecule has 1 saturated heterocycles. The Hall–Kier alpha value is -1.14. The van der Waals surface area contributed by atoms with Gasteiger partial charge in [0.1, 0.15) is 4.88 Å². The summed E-state index contributed by atoms with van der Waals surface area (Å²) in [5, 5.41) is 0.933. The third-order valence-electron chi connectivity index (χ3n) is 3.50. The van der Waals surface area contributed by atoms with Crippen molar-refractivity contribution >= 4 is 22.4 Å². The van der Waals surface area contributed by atoms with Gasteiger partial charge in [0.05, 0.1) is 13.3 Å². The predicted octanol–water partition coefficient (Wildman–Crippen LogP) is 1.85. The van der Waals surface area contributed by atoms with E-state index in [0.717, 1.165) is 37.6 Å². The average molecular weight is 283 g/mol. The van der Waals surface area contributed by atoms with Crippen molar-refractivity contribution in [2.24, 2.45) is 0 Å². The first-order valence-electron chi connectivity index (χ1n) is 6.65. The first-order valence-corrected chi connectivity index (χ1v) is 7.46. The Kier molecular flexibility index (Phi) is 4.76. The van der Waals surface area contributed by atoms with E-state index in [9.17, 15) is 4.79 Å². The van der Waals surface area contributed by atoms with Crippen molar-refractivity contribution in [3.05, 3.63) is 11.1 Å². The summed E-state index contributed by atoms with van der Waals surface area (Å²) in [6.45, 7) is 5.36. The predicted molar refractivity (Wildman–Crippen MR) is 77.0 cm³/mol. The van der Waals surface area contributed by atoms with E-state index in [1.807, 2.05) is 0 Å².